The third-order valence-corrected chi connectivity index (χ3v) is 3.19. The number of carbonyl (C=O) groups is 2. The van der Waals surface area contributed by atoms with Crippen molar-refractivity contribution in [2.45, 2.75) is 31.3 Å². The molecule has 0 spiro atoms. The molecule has 1 amide bonds. The minimum Gasteiger partial charge on any atom is -0.480 e. The second kappa shape index (κ2) is 5.18. The van der Waals surface area contributed by atoms with Gasteiger partial charge >= 0.3 is 5.97 Å². The van der Waals surface area contributed by atoms with E-state index in [0.717, 1.165) is 18.4 Å². The number of rotatable bonds is 4. The van der Waals surface area contributed by atoms with Crippen LogP contribution in [0.3, 0.4) is 0 Å². The first-order chi connectivity index (χ1) is 8.58. The molecule has 4 N–H and O–H groups in total. The highest BCUT2D eigenvalue weighted by Crippen LogP contribution is 2.30. The summed E-state index contributed by atoms with van der Waals surface area (Å²) in [5.41, 5.74) is 7.69. The number of nitrogens with one attached hydrogen (secondary N) is 1. The van der Waals surface area contributed by atoms with E-state index in [1.165, 1.54) is 5.56 Å². The fourth-order valence-electron chi connectivity index (χ4n) is 2.25. The Morgan fingerprint density at radius 1 is 1.44 bits per heavy atom. The summed E-state index contributed by atoms with van der Waals surface area (Å²) in [6, 6.07) is 6.79. The topological polar surface area (TPSA) is 92.4 Å². The second-order valence-electron chi connectivity index (χ2n) is 4.51. The molecule has 0 aromatic heterocycles. The Labute approximate surface area is 105 Å². The molecule has 18 heavy (non-hydrogen) atoms. The van der Waals surface area contributed by atoms with Crippen LogP contribution in [0.1, 0.15) is 30.0 Å². The minimum atomic E-state index is -1.16. The molecule has 2 atom stereocenters. The summed E-state index contributed by atoms with van der Waals surface area (Å²) in [6.45, 7) is 0. The molecule has 0 aliphatic heterocycles. The number of nitrogens with two attached hydrogens (primary N) is 1. The van der Waals surface area contributed by atoms with E-state index in [-0.39, 0.29) is 18.4 Å². The summed E-state index contributed by atoms with van der Waals surface area (Å²) in [6.07, 6.45) is 1.60. The third-order valence-electron chi connectivity index (χ3n) is 3.19. The van der Waals surface area contributed by atoms with Crippen molar-refractivity contribution in [2.24, 2.45) is 5.73 Å². The Bertz CT molecular complexity index is 473. The SMILES string of the molecule is NC(CC(=O)NC1CCc2ccccc21)C(=O)O. The molecule has 0 saturated heterocycles. The van der Waals surface area contributed by atoms with E-state index >= 15 is 0 Å². The quantitative estimate of drug-likeness (QED) is 0.727. The summed E-state index contributed by atoms with van der Waals surface area (Å²) in [4.78, 5) is 22.2. The van der Waals surface area contributed by atoms with Gasteiger partial charge in [-0.25, -0.2) is 0 Å². The Kier molecular flexibility index (Phi) is 3.62. The van der Waals surface area contributed by atoms with Gasteiger partial charge in [-0.05, 0) is 24.0 Å². The molecule has 1 aromatic carbocycles. The lowest BCUT2D eigenvalue weighted by Gasteiger charge is -2.15. The van der Waals surface area contributed by atoms with Crippen molar-refractivity contribution in [2.75, 3.05) is 0 Å². The number of carboxylic acids is 1. The van der Waals surface area contributed by atoms with Crippen LogP contribution >= 0.6 is 0 Å². The van der Waals surface area contributed by atoms with Crippen molar-refractivity contribution >= 4 is 11.9 Å². The van der Waals surface area contributed by atoms with Crippen LogP contribution in [0, 0.1) is 0 Å². The second-order valence-corrected chi connectivity index (χ2v) is 4.51. The van der Waals surface area contributed by atoms with Crippen molar-refractivity contribution in [3.8, 4) is 0 Å². The van der Waals surface area contributed by atoms with Gasteiger partial charge < -0.3 is 16.2 Å². The fourth-order valence-corrected chi connectivity index (χ4v) is 2.25. The van der Waals surface area contributed by atoms with Gasteiger partial charge in [0, 0.05) is 0 Å². The summed E-state index contributed by atoms with van der Waals surface area (Å²) in [5.74, 6) is -1.47. The minimum absolute atomic E-state index is 0.0188. The van der Waals surface area contributed by atoms with Gasteiger partial charge in [0.2, 0.25) is 5.91 Å². The van der Waals surface area contributed by atoms with Crippen LogP contribution in [-0.2, 0) is 16.0 Å². The number of aryl methyl sites for hydroxylation is 1. The molecule has 1 aliphatic rings. The maximum Gasteiger partial charge on any atom is 0.321 e. The molecule has 0 heterocycles. The lowest BCUT2D eigenvalue weighted by Crippen LogP contribution is -2.37. The van der Waals surface area contributed by atoms with Crippen LogP contribution in [0.2, 0.25) is 0 Å². The highest BCUT2D eigenvalue weighted by Gasteiger charge is 2.24. The van der Waals surface area contributed by atoms with Crippen molar-refractivity contribution in [1.29, 1.82) is 0 Å². The van der Waals surface area contributed by atoms with Gasteiger partial charge in [0.1, 0.15) is 6.04 Å². The molecule has 0 fully saturated rings. The highest BCUT2D eigenvalue weighted by molar-refractivity contribution is 5.84. The van der Waals surface area contributed by atoms with Crippen molar-refractivity contribution in [3.05, 3.63) is 35.4 Å². The van der Waals surface area contributed by atoms with Gasteiger partial charge in [-0.1, -0.05) is 24.3 Å². The number of carbonyl (C=O) groups excluding carboxylic acids is 1. The standard InChI is InChI=1S/C13H16N2O3/c14-10(13(17)18)7-12(16)15-11-6-5-8-3-1-2-4-9(8)11/h1-4,10-11H,5-7,14H2,(H,15,16)(H,17,18). The lowest BCUT2D eigenvalue weighted by atomic mass is 10.1. The molecular formula is C13H16N2O3. The zero-order valence-electron chi connectivity index (χ0n) is 9.93. The number of benzene rings is 1. The molecule has 5 heteroatoms. The molecular weight excluding hydrogens is 232 g/mol. The van der Waals surface area contributed by atoms with E-state index in [9.17, 15) is 9.59 Å². The van der Waals surface area contributed by atoms with Crippen LogP contribution in [0.15, 0.2) is 24.3 Å². The van der Waals surface area contributed by atoms with Crippen LogP contribution in [0.25, 0.3) is 0 Å². The normalized spacial score (nSPS) is 19.1. The zero-order chi connectivity index (χ0) is 13.1. The van der Waals surface area contributed by atoms with E-state index in [4.69, 9.17) is 10.8 Å². The molecule has 2 unspecified atom stereocenters. The first kappa shape index (κ1) is 12.6. The summed E-state index contributed by atoms with van der Waals surface area (Å²) in [5, 5.41) is 11.5. The van der Waals surface area contributed by atoms with Crippen LogP contribution in [0.5, 0.6) is 0 Å². The molecule has 96 valence electrons. The maximum absolute atomic E-state index is 11.7. The van der Waals surface area contributed by atoms with Crippen molar-refractivity contribution in [3.63, 3.8) is 0 Å². The zero-order valence-corrected chi connectivity index (χ0v) is 9.93. The molecule has 0 radical (unpaired) electrons. The van der Waals surface area contributed by atoms with E-state index in [0.29, 0.717) is 0 Å². The molecule has 0 saturated carbocycles. The number of hydrogen-bond donors (Lipinski definition) is 3. The smallest absolute Gasteiger partial charge is 0.321 e. The van der Waals surface area contributed by atoms with Crippen molar-refractivity contribution in [1.82, 2.24) is 5.32 Å². The summed E-state index contributed by atoms with van der Waals surface area (Å²) in [7, 11) is 0. The van der Waals surface area contributed by atoms with E-state index in [1.807, 2.05) is 24.3 Å². The molecule has 1 aliphatic carbocycles. The van der Waals surface area contributed by atoms with Gasteiger partial charge in [-0.15, -0.1) is 0 Å². The van der Waals surface area contributed by atoms with Gasteiger partial charge in [0.25, 0.3) is 0 Å². The Balaban J connectivity index is 1.96. The number of amides is 1. The first-order valence-electron chi connectivity index (χ1n) is 5.93. The van der Waals surface area contributed by atoms with Crippen molar-refractivity contribution < 1.29 is 14.7 Å². The molecule has 5 nitrogen and oxygen atoms in total. The molecule has 0 bridgehead atoms. The Morgan fingerprint density at radius 2 is 2.17 bits per heavy atom. The van der Waals surface area contributed by atoms with Crippen LogP contribution < -0.4 is 11.1 Å². The maximum atomic E-state index is 11.7. The Morgan fingerprint density at radius 3 is 2.89 bits per heavy atom. The van der Waals surface area contributed by atoms with Gasteiger partial charge in [0.15, 0.2) is 0 Å². The highest BCUT2D eigenvalue weighted by atomic mass is 16.4. The fraction of sp³-hybridized carbons (Fsp3) is 0.385. The number of aliphatic carboxylic acids is 1. The van der Waals surface area contributed by atoms with Crippen LogP contribution in [-0.4, -0.2) is 23.0 Å². The van der Waals surface area contributed by atoms with E-state index < -0.39 is 12.0 Å². The van der Waals surface area contributed by atoms with Crippen LogP contribution in [0.4, 0.5) is 0 Å². The Hall–Kier alpha value is -1.88. The molecule has 1 aromatic rings. The summed E-state index contributed by atoms with van der Waals surface area (Å²) < 4.78 is 0. The monoisotopic (exact) mass is 248 g/mol. The number of fused-ring (bicyclic) bond motifs is 1. The predicted octanol–water partition coefficient (Wildman–Crippen LogP) is 0.592. The predicted molar refractivity (Wildman–Crippen MR) is 65.9 cm³/mol. The van der Waals surface area contributed by atoms with Gasteiger partial charge in [0.05, 0.1) is 12.5 Å². The molecule has 2 rings (SSSR count). The van der Waals surface area contributed by atoms with E-state index in [2.05, 4.69) is 5.32 Å². The number of carboxylic acid groups (broad SMARTS) is 1. The lowest BCUT2D eigenvalue weighted by molar-refractivity contribution is -0.140. The first-order valence-corrected chi connectivity index (χ1v) is 5.93. The third kappa shape index (κ3) is 2.68. The average Bonchev–Trinajstić information content (AvgIpc) is 2.72. The van der Waals surface area contributed by atoms with E-state index in [1.54, 1.807) is 0 Å². The average molecular weight is 248 g/mol. The van der Waals surface area contributed by atoms with Gasteiger partial charge in [-0.3, -0.25) is 9.59 Å². The summed E-state index contributed by atoms with van der Waals surface area (Å²) >= 11 is 0. The number of hydrogen-bond acceptors (Lipinski definition) is 3. The van der Waals surface area contributed by atoms with Gasteiger partial charge in [-0.2, -0.15) is 0 Å². The largest absolute Gasteiger partial charge is 0.480 e.